The number of methoxy groups -OCH3 is 1. The second-order valence-corrected chi connectivity index (χ2v) is 9.29. The monoisotopic (exact) mass is 435 g/mol. The van der Waals surface area contributed by atoms with Gasteiger partial charge in [-0.3, -0.25) is 9.69 Å². The number of nitrogens with one attached hydrogen (secondary N) is 2. The van der Waals surface area contributed by atoms with Crippen molar-refractivity contribution in [3.8, 4) is 5.75 Å². The number of benzene rings is 2. The molecule has 6 heteroatoms. The minimum absolute atomic E-state index is 0.110. The van der Waals surface area contributed by atoms with E-state index in [9.17, 15) is 9.18 Å². The number of rotatable bonds is 5. The lowest BCUT2D eigenvalue weighted by Crippen LogP contribution is -2.50. The normalized spacial score (nSPS) is 22.9. The third-order valence-corrected chi connectivity index (χ3v) is 7.47. The number of hydrogen-bond acceptors (Lipinski definition) is 3. The summed E-state index contributed by atoms with van der Waals surface area (Å²) in [7, 11) is 1.72. The van der Waals surface area contributed by atoms with Gasteiger partial charge in [0, 0.05) is 35.6 Å². The van der Waals surface area contributed by atoms with E-state index in [2.05, 4.69) is 41.2 Å². The van der Waals surface area contributed by atoms with Crippen LogP contribution in [-0.2, 0) is 6.54 Å². The molecule has 2 bridgehead atoms. The van der Waals surface area contributed by atoms with Crippen LogP contribution in [0.5, 0.6) is 5.75 Å². The Balaban J connectivity index is 1.26. The molecule has 32 heavy (non-hydrogen) atoms. The summed E-state index contributed by atoms with van der Waals surface area (Å²) in [4.78, 5) is 18.6. The van der Waals surface area contributed by atoms with Gasteiger partial charge in [-0.25, -0.2) is 4.39 Å². The number of hydrogen-bond donors (Lipinski definition) is 2. The summed E-state index contributed by atoms with van der Waals surface area (Å²) in [6.07, 6.45) is 4.28. The van der Waals surface area contributed by atoms with Crippen LogP contribution < -0.4 is 10.1 Å². The molecule has 2 fully saturated rings. The highest BCUT2D eigenvalue weighted by atomic mass is 19.1. The molecule has 2 aliphatic rings. The smallest absolute Gasteiger partial charge is 0.267 e. The summed E-state index contributed by atoms with van der Waals surface area (Å²) < 4.78 is 18.9. The number of H-pyrrole nitrogens is 1. The molecule has 2 aromatic carbocycles. The number of halogens is 1. The van der Waals surface area contributed by atoms with Gasteiger partial charge in [0.2, 0.25) is 0 Å². The number of carbonyl (C=O) groups is 1. The largest absolute Gasteiger partial charge is 0.496 e. The van der Waals surface area contributed by atoms with Gasteiger partial charge >= 0.3 is 0 Å². The van der Waals surface area contributed by atoms with Crippen molar-refractivity contribution >= 4 is 16.8 Å². The second kappa shape index (κ2) is 8.24. The maximum Gasteiger partial charge on any atom is 0.267 e. The number of amides is 1. The van der Waals surface area contributed by atoms with Gasteiger partial charge in [-0.05, 0) is 86.6 Å². The highest BCUT2D eigenvalue weighted by Gasteiger charge is 2.41. The molecule has 0 spiro atoms. The average molecular weight is 436 g/mol. The van der Waals surface area contributed by atoms with Crippen molar-refractivity contribution < 1.29 is 13.9 Å². The Bertz CT molecular complexity index is 1160. The maximum atomic E-state index is 13.5. The van der Waals surface area contributed by atoms with Crippen molar-refractivity contribution in [1.82, 2.24) is 15.2 Å². The number of ether oxygens (including phenoxy) is 1. The van der Waals surface area contributed by atoms with E-state index in [-0.39, 0.29) is 17.8 Å². The fraction of sp³-hybridized carbons (Fsp3) is 0.423. The molecule has 0 radical (unpaired) electrons. The van der Waals surface area contributed by atoms with E-state index in [0.717, 1.165) is 36.0 Å². The Morgan fingerprint density at radius 2 is 1.88 bits per heavy atom. The predicted octanol–water partition coefficient (Wildman–Crippen LogP) is 4.86. The van der Waals surface area contributed by atoms with Crippen molar-refractivity contribution in [1.29, 1.82) is 0 Å². The fourth-order valence-corrected chi connectivity index (χ4v) is 5.58. The second-order valence-electron chi connectivity index (χ2n) is 9.29. The molecule has 3 heterocycles. The zero-order chi connectivity index (χ0) is 22.4. The molecule has 1 amide bonds. The lowest BCUT2D eigenvalue weighted by Gasteiger charge is -2.39. The summed E-state index contributed by atoms with van der Waals surface area (Å²) in [6, 6.07) is 11.6. The average Bonchev–Trinajstić information content (AvgIpc) is 3.29. The molecule has 5 nitrogen and oxygen atoms in total. The van der Waals surface area contributed by atoms with Gasteiger partial charge < -0.3 is 15.0 Å². The summed E-state index contributed by atoms with van der Waals surface area (Å²) in [5.41, 5.74) is 5.13. The number of fused-ring (bicyclic) bond motifs is 3. The van der Waals surface area contributed by atoms with E-state index in [1.807, 2.05) is 0 Å². The molecule has 2 atom stereocenters. The van der Waals surface area contributed by atoms with Gasteiger partial charge in [0.15, 0.2) is 0 Å². The number of carbonyl (C=O) groups excluding carboxylic acids is 1. The number of aromatic nitrogens is 1. The Hall–Kier alpha value is -2.86. The first-order valence-corrected chi connectivity index (χ1v) is 11.4. The Morgan fingerprint density at radius 1 is 1.12 bits per heavy atom. The van der Waals surface area contributed by atoms with Gasteiger partial charge in [0.25, 0.3) is 5.91 Å². The Morgan fingerprint density at radius 3 is 2.59 bits per heavy atom. The van der Waals surface area contributed by atoms with Crippen molar-refractivity contribution in [2.45, 2.75) is 64.2 Å². The van der Waals surface area contributed by atoms with Crippen LogP contribution in [-0.4, -0.2) is 41.0 Å². The van der Waals surface area contributed by atoms with E-state index in [4.69, 9.17) is 4.74 Å². The standard InChI is InChI=1S/C26H30FN3O2/c1-15-16(2)25(32-3)9-4-17(15)14-30-21-6-7-22(30)13-20(12-21)28-26(31)24-11-18-10-19(27)5-8-23(18)29-24/h4-5,8-11,20-22,29H,6-7,12-14H2,1-3H3,(H,28,31). The third-order valence-electron chi connectivity index (χ3n) is 7.47. The number of nitrogens with zero attached hydrogens (tertiary/aromatic N) is 1. The molecule has 2 unspecified atom stereocenters. The van der Waals surface area contributed by atoms with Crippen molar-refractivity contribution in [3.05, 3.63) is 64.6 Å². The molecule has 0 aliphatic carbocycles. The quantitative estimate of drug-likeness (QED) is 0.602. The van der Waals surface area contributed by atoms with E-state index in [1.54, 1.807) is 19.2 Å². The van der Waals surface area contributed by atoms with Crippen LogP contribution in [0.25, 0.3) is 10.9 Å². The lowest BCUT2D eigenvalue weighted by atomic mass is 9.95. The van der Waals surface area contributed by atoms with E-state index < -0.39 is 0 Å². The zero-order valence-corrected chi connectivity index (χ0v) is 18.9. The first kappa shape index (κ1) is 21.0. The highest BCUT2D eigenvalue weighted by Crippen LogP contribution is 2.38. The molecule has 1 aromatic heterocycles. The summed E-state index contributed by atoms with van der Waals surface area (Å²) >= 11 is 0. The van der Waals surface area contributed by atoms with E-state index in [0.29, 0.717) is 17.8 Å². The minimum atomic E-state index is -0.297. The number of aromatic amines is 1. The first-order valence-electron chi connectivity index (χ1n) is 11.4. The predicted molar refractivity (Wildman–Crippen MR) is 124 cm³/mol. The SMILES string of the molecule is COc1ccc(CN2C3CCC2CC(NC(=O)c2cc4cc(F)ccc4[nH]2)C3)c(C)c1C. The molecule has 168 valence electrons. The van der Waals surface area contributed by atoms with Crippen LogP contribution in [0.4, 0.5) is 4.39 Å². The van der Waals surface area contributed by atoms with Gasteiger partial charge in [-0.15, -0.1) is 0 Å². The molecular formula is C26H30FN3O2. The maximum absolute atomic E-state index is 13.5. The van der Waals surface area contributed by atoms with Gasteiger partial charge in [-0.1, -0.05) is 6.07 Å². The Kier molecular flexibility index (Phi) is 5.41. The number of piperidine rings is 1. The molecule has 2 aliphatic heterocycles. The van der Waals surface area contributed by atoms with Crippen LogP contribution in [0.2, 0.25) is 0 Å². The van der Waals surface area contributed by atoms with E-state index >= 15 is 0 Å². The summed E-state index contributed by atoms with van der Waals surface area (Å²) in [6.45, 7) is 5.24. The zero-order valence-electron chi connectivity index (χ0n) is 18.9. The molecule has 2 saturated heterocycles. The van der Waals surface area contributed by atoms with Gasteiger partial charge in [-0.2, -0.15) is 0 Å². The summed E-state index contributed by atoms with van der Waals surface area (Å²) in [5.74, 6) is 0.533. The van der Waals surface area contributed by atoms with Crippen molar-refractivity contribution in [3.63, 3.8) is 0 Å². The van der Waals surface area contributed by atoms with Crippen LogP contribution in [0.3, 0.4) is 0 Å². The first-order chi connectivity index (χ1) is 15.4. The molecular weight excluding hydrogens is 405 g/mol. The molecule has 3 aromatic rings. The Labute approximate surface area is 187 Å². The minimum Gasteiger partial charge on any atom is -0.496 e. The van der Waals surface area contributed by atoms with Crippen LogP contribution >= 0.6 is 0 Å². The molecule has 2 N–H and O–H groups in total. The highest BCUT2D eigenvalue weighted by molar-refractivity contribution is 5.98. The van der Waals surface area contributed by atoms with Crippen LogP contribution in [0.15, 0.2) is 36.4 Å². The van der Waals surface area contributed by atoms with E-state index in [1.165, 1.54) is 41.7 Å². The van der Waals surface area contributed by atoms with Gasteiger partial charge in [0.05, 0.1) is 7.11 Å². The summed E-state index contributed by atoms with van der Waals surface area (Å²) in [5, 5.41) is 3.94. The molecule has 0 saturated carbocycles. The van der Waals surface area contributed by atoms with Crippen LogP contribution in [0.1, 0.15) is 52.9 Å². The molecule has 5 rings (SSSR count). The topological polar surface area (TPSA) is 57.4 Å². The lowest BCUT2D eigenvalue weighted by molar-refractivity contribution is 0.0824. The van der Waals surface area contributed by atoms with Crippen molar-refractivity contribution in [2.75, 3.05) is 7.11 Å². The fourth-order valence-electron chi connectivity index (χ4n) is 5.58. The van der Waals surface area contributed by atoms with Crippen molar-refractivity contribution in [2.24, 2.45) is 0 Å². The third kappa shape index (κ3) is 3.77. The van der Waals surface area contributed by atoms with Gasteiger partial charge in [0.1, 0.15) is 17.3 Å². The van der Waals surface area contributed by atoms with Crippen LogP contribution in [0, 0.1) is 19.7 Å².